The quantitative estimate of drug-likeness (QED) is 0.419. The Morgan fingerprint density at radius 3 is 2.50 bits per heavy atom. The third kappa shape index (κ3) is 3.44. The maximum Gasteiger partial charge on any atom is 0.0524 e. The van der Waals surface area contributed by atoms with Crippen LogP contribution in [0.3, 0.4) is 0 Å². The van der Waals surface area contributed by atoms with Crippen LogP contribution in [0.1, 0.15) is 27.2 Å². The molecular formula is C9H17N. The normalized spacial score (nSPS) is 17.1. The van der Waals surface area contributed by atoms with E-state index in [2.05, 4.69) is 44.6 Å². The molecule has 0 saturated heterocycles. The fourth-order valence-corrected chi connectivity index (χ4v) is 0.678. The van der Waals surface area contributed by atoms with Crippen molar-refractivity contribution in [2.24, 2.45) is 10.9 Å². The number of allylic oxidation sites excluding steroid dienone is 1. The van der Waals surface area contributed by atoms with Crippen LogP contribution in [0.2, 0.25) is 0 Å². The van der Waals surface area contributed by atoms with Gasteiger partial charge in [-0.1, -0.05) is 26.0 Å². The third-order valence-electron chi connectivity index (χ3n) is 1.72. The minimum atomic E-state index is 0.350. The SMILES string of the molecule is C=NC(C)C(C)/C=C\CC. The van der Waals surface area contributed by atoms with Gasteiger partial charge in [0.05, 0.1) is 6.04 Å². The Balaban J connectivity index is 3.70. The van der Waals surface area contributed by atoms with E-state index in [4.69, 9.17) is 0 Å². The van der Waals surface area contributed by atoms with Gasteiger partial charge in [-0.05, 0) is 26.0 Å². The second-order valence-corrected chi connectivity index (χ2v) is 2.62. The number of hydrogen-bond acceptors (Lipinski definition) is 1. The largest absolute Gasteiger partial charge is 0.297 e. The van der Waals surface area contributed by atoms with Gasteiger partial charge < -0.3 is 0 Å². The Hall–Kier alpha value is -0.590. The van der Waals surface area contributed by atoms with Crippen LogP contribution < -0.4 is 0 Å². The summed E-state index contributed by atoms with van der Waals surface area (Å²) in [5.74, 6) is 0.525. The van der Waals surface area contributed by atoms with Crippen LogP contribution in [0.15, 0.2) is 17.1 Å². The lowest BCUT2D eigenvalue weighted by molar-refractivity contribution is 0.586. The molecule has 2 unspecified atom stereocenters. The van der Waals surface area contributed by atoms with Crippen molar-refractivity contribution in [1.29, 1.82) is 0 Å². The average Bonchev–Trinajstić information content (AvgIpc) is 1.98. The Labute approximate surface area is 63.9 Å². The summed E-state index contributed by atoms with van der Waals surface area (Å²) < 4.78 is 0. The number of nitrogens with zero attached hydrogens (tertiary/aromatic N) is 1. The van der Waals surface area contributed by atoms with Crippen molar-refractivity contribution >= 4 is 6.72 Å². The highest BCUT2D eigenvalue weighted by molar-refractivity contribution is 5.24. The summed E-state index contributed by atoms with van der Waals surface area (Å²) in [4.78, 5) is 3.94. The van der Waals surface area contributed by atoms with Crippen molar-refractivity contribution in [2.45, 2.75) is 33.2 Å². The predicted octanol–water partition coefficient (Wildman–Crippen LogP) is 2.68. The van der Waals surface area contributed by atoms with Gasteiger partial charge in [0.2, 0.25) is 0 Å². The van der Waals surface area contributed by atoms with Crippen LogP contribution in [0.25, 0.3) is 0 Å². The van der Waals surface area contributed by atoms with Gasteiger partial charge in [0, 0.05) is 0 Å². The molecule has 58 valence electrons. The first-order valence-corrected chi connectivity index (χ1v) is 3.84. The second-order valence-electron chi connectivity index (χ2n) is 2.62. The number of aliphatic imine (C=N–C) groups is 1. The molecule has 0 aliphatic rings. The number of hydrogen-bond donors (Lipinski definition) is 0. The Bertz CT molecular complexity index is 116. The van der Waals surface area contributed by atoms with E-state index in [1.54, 1.807) is 0 Å². The summed E-state index contributed by atoms with van der Waals surface area (Å²) in [5, 5.41) is 0. The van der Waals surface area contributed by atoms with Gasteiger partial charge in [0.1, 0.15) is 0 Å². The molecule has 0 aromatic rings. The molecule has 1 nitrogen and oxygen atoms in total. The molecule has 0 aliphatic heterocycles. The van der Waals surface area contributed by atoms with Gasteiger partial charge in [0.25, 0.3) is 0 Å². The van der Waals surface area contributed by atoms with E-state index >= 15 is 0 Å². The zero-order valence-corrected chi connectivity index (χ0v) is 7.17. The summed E-state index contributed by atoms with van der Waals surface area (Å²) in [7, 11) is 0. The molecule has 0 fully saturated rings. The molecule has 0 aliphatic carbocycles. The summed E-state index contributed by atoms with van der Waals surface area (Å²) >= 11 is 0. The first-order valence-electron chi connectivity index (χ1n) is 3.84. The Morgan fingerprint density at radius 2 is 2.10 bits per heavy atom. The van der Waals surface area contributed by atoms with Gasteiger partial charge in [0.15, 0.2) is 0 Å². The lowest BCUT2D eigenvalue weighted by Gasteiger charge is -2.09. The zero-order valence-electron chi connectivity index (χ0n) is 7.17. The summed E-state index contributed by atoms with van der Waals surface area (Å²) in [6.45, 7) is 9.88. The highest BCUT2D eigenvalue weighted by atomic mass is 14.7. The van der Waals surface area contributed by atoms with Gasteiger partial charge in [-0.2, -0.15) is 0 Å². The van der Waals surface area contributed by atoms with Crippen LogP contribution in [-0.4, -0.2) is 12.8 Å². The minimum Gasteiger partial charge on any atom is -0.297 e. The van der Waals surface area contributed by atoms with Crippen molar-refractivity contribution in [1.82, 2.24) is 0 Å². The maximum absolute atomic E-state index is 3.94. The number of rotatable bonds is 4. The summed E-state index contributed by atoms with van der Waals surface area (Å²) in [6.07, 6.45) is 5.47. The molecule has 2 atom stereocenters. The molecule has 0 aromatic heterocycles. The fraction of sp³-hybridized carbons (Fsp3) is 0.667. The third-order valence-corrected chi connectivity index (χ3v) is 1.72. The molecule has 0 amide bonds. The molecule has 0 rings (SSSR count). The maximum atomic E-state index is 3.94. The predicted molar refractivity (Wildman–Crippen MR) is 47.6 cm³/mol. The van der Waals surface area contributed by atoms with E-state index in [1.807, 2.05) is 0 Å². The van der Waals surface area contributed by atoms with Crippen molar-refractivity contribution in [3.63, 3.8) is 0 Å². The molecule has 0 spiro atoms. The first-order chi connectivity index (χ1) is 4.72. The van der Waals surface area contributed by atoms with Crippen LogP contribution in [-0.2, 0) is 0 Å². The molecule has 0 bridgehead atoms. The van der Waals surface area contributed by atoms with E-state index in [1.165, 1.54) is 0 Å². The van der Waals surface area contributed by atoms with Crippen molar-refractivity contribution in [3.05, 3.63) is 12.2 Å². The van der Waals surface area contributed by atoms with Gasteiger partial charge in [-0.15, -0.1) is 0 Å². The summed E-state index contributed by atoms with van der Waals surface area (Å²) in [6, 6.07) is 0.350. The Kier molecular flexibility index (Phi) is 4.91. The molecule has 0 saturated carbocycles. The summed E-state index contributed by atoms with van der Waals surface area (Å²) in [5.41, 5.74) is 0. The van der Waals surface area contributed by atoms with E-state index in [-0.39, 0.29) is 0 Å². The molecule has 0 heterocycles. The molecule has 10 heavy (non-hydrogen) atoms. The molecule has 0 N–H and O–H groups in total. The molecule has 1 heteroatoms. The van der Waals surface area contributed by atoms with Crippen LogP contribution in [0.4, 0.5) is 0 Å². The van der Waals surface area contributed by atoms with Crippen molar-refractivity contribution < 1.29 is 0 Å². The van der Waals surface area contributed by atoms with Gasteiger partial charge in [-0.25, -0.2) is 0 Å². The van der Waals surface area contributed by atoms with E-state index in [0.29, 0.717) is 12.0 Å². The lowest BCUT2D eigenvalue weighted by atomic mass is 10.0. The lowest BCUT2D eigenvalue weighted by Crippen LogP contribution is -2.07. The highest BCUT2D eigenvalue weighted by Crippen LogP contribution is 2.07. The van der Waals surface area contributed by atoms with E-state index in [9.17, 15) is 0 Å². The van der Waals surface area contributed by atoms with Crippen molar-refractivity contribution in [2.75, 3.05) is 0 Å². The van der Waals surface area contributed by atoms with Crippen LogP contribution >= 0.6 is 0 Å². The fourth-order valence-electron chi connectivity index (χ4n) is 0.678. The van der Waals surface area contributed by atoms with E-state index in [0.717, 1.165) is 6.42 Å². The van der Waals surface area contributed by atoms with Gasteiger partial charge >= 0.3 is 0 Å². The van der Waals surface area contributed by atoms with Crippen molar-refractivity contribution in [3.8, 4) is 0 Å². The minimum absolute atomic E-state index is 0.350. The first kappa shape index (κ1) is 9.41. The van der Waals surface area contributed by atoms with Crippen LogP contribution in [0, 0.1) is 5.92 Å². The molecular weight excluding hydrogens is 122 g/mol. The topological polar surface area (TPSA) is 12.4 Å². The standard InChI is InChI=1S/C9H17N/c1-5-6-7-8(2)9(3)10-4/h6-9H,4-5H2,1-3H3/b7-6-. The zero-order chi connectivity index (χ0) is 7.98. The Morgan fingerprint density at radius 1 is 1.50 bits per heavy atom. The highest BCUT2D eigenvalue weighted by Gasteiger charge is 2.03. The smallest absolute Gasteiger partial charge is 0.0524 e. The average molecular weight is 139 g/mol. The van der Waals surface area contributed by atoms with Gasteiger partial charge in [-0.3, -0.25) is 4.99 Å². The molecule has 0 radical (unpaired) electrons. The van der Waals surface area contributed by atoms with Crippen LogP contribution in [0.5, 0.6) is 0 Å². The molecule has 0 aromatic carbocycles. The second kappa shape index (κ2) is 5.21. The monoisotopic (exact) mass is 139 g/mol. The van der Waals surface area contributed by atoms with E-state index < -0.39 is 0 Å².